The topological polar surface area (TPSA) is 56.8 Å². The lowest BCUT2D eigenvalue weighted by atomic mass is 10.1. The van der Waals surface area contributed by atoms with E-state index in [-0.39, 0.29) is 19.0 Å². The number of hydrogen-bond acceptors (Lipinski definition) is 4. The zero-order chi connectivity index (χ0) is 15.9. The highest BCUT2D eigenvalue weighted by molar-refractivity contribution is 5.62. The number of benzene rings is 1. The molecule has 0 aliphatic rings. The van der Waals surface area contributed by atoms with Crippen molar-refractivity contribution >= 4 is 0 Å². The predicted molar refractivity (Wildman–Crippen MR) is 82.9 cm³/mol. The van der Waals surface area contributed by atoms with Gasteiger partial charge in [-0.2, -0.15) is 0 Å². The summed E-state index contributed by atoms with van der Waals surface area (Å²) in [5.41, 5.74) is 1.70. The highest BCUT2D eigenvalue weighted by Gasteiger charge is 2.11. The molecule has 1 heterocycles. The van der Waals surface area contributed by atoms with Crippen LogP contribution >= 0.6 is 0 Å². The fourth-order valence-corrected chi connectivity index (χ4v) is 2.44. The first-order valence-electron chi connectivity index (χ1n) is 7.43. The molecule has 1 aromatic heterocycles. The fourth-order valence-electron chi connectivity index (χ4n) is 2.44. The molecule has 1 aromatic carbocycles. The molecule has 5 heteroatoms. The van der Waals surface area contributed by atoms with Gasteiger partial charge in [-0.05, 0) is 49.2 Å². The number of aryl methyl sites for hydroxylation is 1. The molecule has 22 heavy (non-hydrogen) atoms. The largest absolute Gasteiger partial charge is 0.460 e. The van der Waals surface area contributed by atoms with Gasteiger partial charge < -0.3 is 14.6 Å². The molecular formula is C17H22FNO3. The number of hydrogen-bond donors (Lipinski definition) is 2. The number of aliphatic hydroxyl groups excluding tert-OH is 2. The number of rotatable bonds is 8. The molecule has 0 saturated heterocycles. The molecular weight excluding hydrogens is 285 g/mol. The Morgan fingerprint density at radius 2 is 1.91 bits per heavy atom. The molecule has 0 aliphatic heterocycles. The minimum Gasteiger partial charge on any atom is -0.460 e. The molecule has 0 unspecified atom stereocenters. The third-order valence-corrected chi connectivity index (χ3v) is 3.54. The van der Waals surface area contributed by atoms with Gasteiger partial charge in [0.2, 0.25) is 0 Å². The van der Waals surface area contributed by atoms with Crippen LogP contribution in [0.1, 0.15) is 17.7 Å². The molecule has 4 nitrogen and oxygen atoms in total. The maximum atomic E-state index is 13.2. The van der Waals surface area contributed by atoms with Crippen LogP contribution in [0.5, 0.6) is 0 Å². The Morgan fingerprint density at radius 1 is 1.09 bits per heavy atom. The third-order valence-electron chi connectivity index (χ3n) is 3.54. The summed E-state index contributed by atoms with van der Waals surface area (Å²) in [6.07, 6.45) is 0.657. The minimum absolute atomic E-state index is 0.0655. The number of nitrogens with zero attached hydrogens (tertiary/aromatic N) is 1. The Labute approximate surface area is 129 Å². The molecule has 0 bridgehead atoms. The third kappa shape index (κ3) is 4.40. The molecule has 0 radical (unpaired) electrons. The predicted octanol–water partition coefficient (Wildman–Crippen LogP) is 2.57. The van der Waals surface area contributed by atoms with Crippen molar-refractivity contribution < 1.29 is 19.0 Å². The smallest absolute Gasteiger partial charge is 0.134 e. The Hall–Kier alpha value is -1.69. The van der Waals surface area contributed by atoms with Crippen molar-refractivity contribution in [2.45, 2.75) is 19.9 Å². The SMILES string of the molecule is Cc1cc(F)ccc1-c1ccc(CN(CCO)CCCO)o1. The van der Waals surface area contributed by atoms with E-state index in [1.165, 1.54) is 12.1 Å². The molecule has 2 rings (SSSR count). The van der Waals surface area contributed by atoms with Gasteiger partial charge in [0, 0.05) is 25.3 Å². The Bertz CT molecular complexity index is 597. The van der Waals surface area contributed by atoms with Crippen molar-refractivity contribution in [3.8, 4) is 11.3 Å². The van der Waals surface area contributed by atoms with E-state index in [4.69, 9.17) is 14.6 Å². The molecule has 0 fully saturated rings. The van der Waals surface area contributed by atoms with Crippen molar-refractivity contribution in [3.63, 3.8) is 0 Å². The summed E-state index contributed by atoms with van der Waals surface area (Å²) < 4.78 is 19.0. The van der Waals surface area contributed by atoms with Gasteiger partial charge in [0.25, 0.3) is 0 Å². The van der Waals surface area contributed by atoms with Crippen LogP contribution in [0.4, 0.5) is 4.39 Å². The second kappa shape index (κ2) is 8.08. The molecule has 0 amide bonds. The van der Waals surface area contributed by atoms with Crippen LogP contribution in [0.3, 0.4) is 0 Å². The second-order valence-electron chi connectivity index (χ2n) is 5.30. The Morgan fingerprint density at radius 3 is 2.59 bits per heavy atom. The van der Waals surface area contributed by atoms with Crippen LogP contribution in [0, 0.1) is 12.7 Å². The van der Waals surface area contributed by atoms with Crippen molar-refractivity contribution in [2.24, 2.45) is 0 Å². The van der Waals surface area contributed by atoms with Crippen LogP contribution in [0.2, 0.25) is 0 Å². The average Bonchev–Trinajstić information content (AvgIpc) is 2.93. The fraction of sp³-hybridized carbons (Fsp3) is 0.412. The minimum atomic E-state index is -0.258. The van der Waals surface area contributed by atoms with E-state index in [0.29, 0.717) is 31.8 Å². The van der Waals surface area contributed by atoms with Crippen molar-refractivity contribution in [2.75, 3.05) is 26.3 Å². The second-order valence-corrected chi connectivity index (χ2v) is 5.30. The van der Waals surface area contributed by atoms with Crippen LogP contribution in [0.25, 0.3) is 11.3 Å². The molecule has 0 aliphatic carbocycles. The zero-order valence-corrected chi connectivity index (χ0v) is 12.8. The van der Waals surface area contributed by atoms with E-state index in [1.807, 2.05) is 24.0 Å². The van der Waals surface area contributed by atoms with Crippen molar-refractivity contribution in [3.05, 3.63) is 47.5 Å². The monoisotopic (exact) mass is 307 g/mol. The lowest BCUT2D eigenvalue weighted by Crippen LogP contribution is -2.27. The number of furan rings is 1. The van der Waals surface area contributed by atoms with Crippen molar-refractivity contribution in [1.29, 1.82) is 0 Å². The molecule has 2 N–H and O–H groups in total. The molecule has 120 valence electrons. The number of halogens is 1. The normalized spacial score (nSPS) is 11.3. The highest BCUT2D eigenvalue weighted by Crippen LogP contribution is 2.26. The van der Waals surface area contributed by atoms with E-state index < -0.39 is 0 Å². The van der Waals surface area contributed by atoms with Crippen LogP contribution < -0.4 is 0 Å². The summed E-state index contributed by atoms with van der Waals surface area (Å²) in [5, 5.41) is 18.0. The van der Waals surface area contributed by atoms with Gasteiger partial charge in [0.05, 0.1) is 13.2 Å². The summed E-state index contributed by atoms with van der Waals surface area (Å²) in [5.74, 6) is 1.23. The first-order chi connectivity index (χ1) is 10.6. The quantitative estimate of drug-likeness (QED) is 0.787. The zero-order valence-electron chi connectivity index (χ0n) is 12.8. The first-order valence-corrected chi connectivity index (χ1v) is 7.43. The van der Waals surface area contributed by atoms with Gasteiger partial charge in [-0.15, -0.1) is 0 Å². The Kier molecular flexibility index (Phi) is 6.12. The Balaban J connectivity index is 2.09. The van der Waals surface area contributed by atoms with Crippen LogP contribution in [-0.4, -0.2) is 41.4 Å². The lowest BCUT2D eigenvalue weighted by molar-refractivity contribution is 0.166. The summed E-state index contributed by atoms with van der Waals surface area (Å²) in [6.45, 7) is 3.84. The summed E-state index contributed by atoms with van der Waals surface area (Å²) in [6, 6.07) is 8.38. The summed E-state index contributed by atoms with van der Waals surface area (Å²) in [4.78, 5) is 2.02. The molecule has 0 atom stereocenters. The van der Waals surface area contributed by atoms with E-state index in [1.54, 1.807) is 6.07 Å². The van der Waals surface area contributed by atoms with Gasteiger partial charge in [-0.25, -0.2) is 4.39 Å². The van der Waals surface area contributed by atoms with Crippen LogP contribution in [0.15, 0.2) is 34.7 Å². The van der Waals surface area contributed by atoms with Crippen molar-refractivity contribution in [1.82, 2.24) is 4.90 Å². The highest BCUT2D eigenvalue weighted by atomic mass is 19.1. The van der Waals surface area contributed by atoms with E-state index >= 15 is 0 Å². The van der Waals surface area contributed by atoms with Gasteiger partial charge in [-0.1, -0.05) is 0 Å². The maximum Gasteiger partial charge on any atom is 0.134 e. The number of aliphatic hydroxyl groups is 2. The van der Waals surface area contributed by atoms with E-state index in [9.17, 15) is 4.39 Å². The average molecular weight is 307 g/mol. The van der Waals surface area contributed by atoms with Crippen LogP contribution in [-0.2, 0) is 6.54 Å². The van der Waals surface area contributed by atoms with E-state index in [2.05, 4.69) is 0 Å². The lowest BCUT2D eigenvalue weighted by Gasteiger charge is -2.19. The van der Waals surface area contributed by atoms with E-state index in [0.717, 1.165) is 16.9 Å². The van der Waals surface area contributed by atoms with Gasteiger partial charge in [0.1, 0.15) is 17.3 Å². The summed E-state index contributed by atoms with van der Waals surface area (Å²) >= 11 is 0. The van der Waals surface area contributed by atoms with Gasteiger partial charge in [-0.3, -0.25) is 4.90 Å². The first kappa shape index (κ1) is 16.7. The maximum absolute atomic E-state index is 13.2. The standard InChI is InChI=1S/C17H22FNO3/c1-13-11-14(18)3-5-16(13)17-6-4-15(22-17)12-19(8-10-21)7-2-9-20/h3-6,11,20-21H,2,7-10,12H2,1H3. The molecule has 2 aromatic rings. The molecule has 0 saturated carbocycles. The van der Waals surface area contributed by atoms with Gasteiger partial charge in [0.15, 0.2) is 0 Å². The molecule has 0 spiro atoms. The summed E-state index contributed by atoms with van der Waals surface area (Å²) in [7, 11) is 0. The van der Waals surface area contributed by atoms with Gasteiger partial charge >= 0.3 is 0 Å².